The Morgan fingerprint density at radius 2 is 2.05 bits per heavy atom. The highest BCUT2D eigenvalue weighted by molar-refractivity contribution is 9.10. The van der Waals surface area contributed by atoms with E-state index in [1.807, 2.05) is 20.8 Å². The Morgan fingerprint density at radius 1 is 1.29 bits per heavy atom. The number of halogens is 2. The van der Waals surface area contributed by atoms with Crippen molar-refractivity contribution in [3.05, 3.63) is 52.5 Å². The highest BCUT2D eigenvalue weighted by atomic mass is 79.9. The van der Waals surface area contributed by atoms with Crippen molar-refractivity contribution < 1.29 is 9.13 Å². The molecule has 2 aromatic rings. The van der Waals surface area contributed by atoms with Gasteiger partial charge in [0, 0.05) is 28.3 Å². The van der Waals surface area contributed by atoms with E-state index in [0.29, 0.717) is 23.6 Å². The number of nitrogens with one attached hydrogen (secondary N) is 1. The molecule has 1 heterocycles. The minimum atomic E-state index is -0.285. The third-order valence-electron chi connectivity index (χ3n) is 2.78. The molecule has 2 rings (SSSR count). The summed E-state index contributed by atoms with van der Waals surface area (Å²) in [6.45, 7) is 6.50. The van der Waals surface area contributed by atoms with E-state index in [2.05, 4.69) is 26.2 Å². The Labute approximate surface area is 132 Å². The van der Waals surface area contributed by atoms with Crippen molar-refractivity contribution in [3.63, 3.8) is 0 Å². The van der Waals surface area contributed by atoms with Crippen LogP contribution in [0.5, 0.6) is 11.5 Å². The number of benzene rings is 1. The third-order valence-corrected chi connectivity index (χ3v) is 3.21. The maximum absolute atomic E-state index is 14.1. The molecule has 0 aliphatic carbocycles. The standard InChI is InChI=1S/C16H18BrFN2O/c1-16(2,3)20-10-13-14(18)5-4-6-15(13)21-12-7-11(17)8-19-9-12/h4-9,20H,10H2,1-3H3. The Morgan fingerprint density at radius 3 is 2.71 bits per heavy atom. The second-order valence-corrected chi connectivity index (χ2v) is 6.68. The lowest BCUT2D eigenvalue weighted by atomic mass is 10.1. The summed E-state index contributed by atoms with van der Waals surface area (Å²) < 4.78 is 20.6. The van der Waals surface area contributed by atoms with Gasteiger partial charge in [0.1, 0.15) is 17.3 Å². The van der Waals surface area contributed by atoms with Crippen molar-refractivity contribution in [3.8, 4) is 11.5 Å². The molecule has 0 fully saturated rings. The predicted octanol–water partition coefficient (Wildman–Crippen LogP) is 4.66. The first-order valence-corrected chi connectivity index (χ1v) is 7.45. The van der Waals surface area contributed by atoms with E-state index in [1.54, 1.807) is 30.6 Å². The molecule has 21 heavy (non-hydrogen) atoms. The monoisotopic (exact) mass is 352 g/mol. The summed E-state index contributed by atoms with van der Waals surface area (Å²) in [4.78, 5) is 4.04. The van der Waals surface area contributed by atoms with Gasteiger partial charge in [-0.15, -0.1) is 0 Å². The molecule has 1 aromatic heterocycles. The van der Waals surface area contributed by atoms with Crippen LogP contribution in [0.3, 0.4) is 0 Å². The molecule has 0 amide bonds. The first-order valence-electron chi connectivity index (χ1n) is 6.66. The maximum Gasteiger partial charge on any atom is 0.146 e. The van der Waals surface area contributed by atoms with E-state index >= 15 is 0 Å². The molecule has 112 valence electrons. The molecule has 1 N–H and O–H groups in total. The first kappa shape index (κ1) is 15.9. The topological polar surface area (TPSA) is 34.1 Å². The predicted molar refractivity (Wildman–Crippen MR) is 85.0 cm³/mol. The Kier molecular flexibility index (Phi) is 4.96. The molecule has 0 saturated carbocycles. The van der Waals surface area contributed by atoms with Gasteiger partial charge in [0.25, 0.3) is 0 Å². The van der Waals surface area contributed by atoms with Crippen molar-refractivity contribution in [1.82, 2.24) is 10.3 Å². The number of nitrogens with zero attached hydrogens (tertiary/aromatic N) is 1. The molecule has 0 spiro atoms. The summed E-state index contributed by atoms with van der Waals surface area (Å²) in [5.74, 6) is 0.769. The molecule has 3 nitrogen and oxygen atoms in total. The molecule has 0 radical (unpaired) electrons. The van der Waals surface area contributed by atoms with Crippen molar-refractivity contribution >= 4 is 15.9 Å². The molecule has 0 aliphatic heterocycles. The Balaban J connectivity index is 2.25. The highest BCUT2D eigenvalue weighted by Crippen LogP contribution is 2.28. The molecule has 0 bridgehead atoms. The fourth-order valence-corrected chi connectivity index (χ4v) is 2.08. The van der Waals surface area contributed by atoms with Gasteiger partial charge in [-0.1, -0.05) is 6.07 Å². The zero-order valence-electron chi connectivity index (χ0n) is 12.3. The van der Waals surface area contributed by atoms with Crippen LogP contribution in [0, 0.1) is 5.82 Å². The highest BCUT2D eigenvalue weighted by Gasteiger charge is 2.15. The van der Waals surface area contributed by atoms with Crippen molar-refractivity contribution in [2.24, 2.45) is 0 Å². The van der Waals surface area contributed by atoms with Gasteiger partial charge in [-0.05, 0) is 54.9 Å². The third kappa shape index (κ3) is 4.79. The van der Waals surface area contributed by atoms with E-state index in [-0.39, 0.29) is 11.4 Å². The van der Waals surface area contributed by atoms with E-state index in [1.165, 1.54) is 6.07 Å². The fraction of sp³-hybridized carbons (Fsp3) is 0.312. The van der Waals surface area contributed by atoms with Gasteiger partial charge in [-0.2, -0.15) is 0 Å². The number of rotatable bonds is 4. The number of pyridine rings is 1. The van der Waals surface area contributed by atoms with Gasteiger partial charge < -0.3 is 10.1 Å². The molecule has 1 aromatic carbocycles. The summed E-state index contributed by atoms with van der Waals surface area (Å²) in [7, 11) is 0. The van der Waals surface area contributed by atoms with Gasteiger partial charge in [-0.25, -0.2) is 4.39 Å². The number of hydrogen-bond acceptors (Lipinski definition) is 3. The largest absolute Gasteiger partial charge is 0.455 e. The van der Waals surface area contributed by atoms with Crippen LogP contribution >= 0.6 is 15.9 Å². The summed E-state index contributed by atoms with van der Waals surface area (Å²) in [5.41, 5.74) is 0.407. The molecule has 0 aliphatic rings. The number of aromatic nitrogens is 1. The lowest BCUT2D eigenvalue weighted by Gasteiger charge is -2.22. The summed E-state index contributed by atoms with van der Waals surface area (Å²) in [6.07, 6.45) is 3.26. The molecule has 0 atom stereocenters. The van der Waals surface area contributed by atoms with E-state index in [9.17, 15) is 4.39 Å². The average molecular weight is 353 g/mol. The van der Waals surface area contributed by atoms with Crippen LogP contribution in [-0.2, 0) is 6.54 Å². The molecule has 0 saturated heterocycles. The number of ether oxygens (including phenoxy) is 1. The molecule has 5 heteroatoms. The Hall–Kier alpha value is -1.46. The van der Waals surface area contributed by atoms with Crippen molar-refractivity contribution in [2.75, 3.05) is 0 Å². The number of hydrogen-bond donors (Lipinski definition) is 1. The minimum Gasteiger partial charge on any atom is -0.455 e. The molecular weight excluding hydrogens is 335 g/mol. The molecular formula is C16H18BrFN2O. The summed E-state index contributed by atoms with van der Waals surface area (Å²) in [6, 6.07) is 6.62. The van der Waals surface area contributed by atoms with Crippen LogP contribution in [0.1, 0.15) is 26.3 Å². The van der Waals surface area contributed by atoms with Crippen LogP contribution in [0.2, 0.25) is 0 Å². The van der Waals surface area contributed by atoms with Gasteiger partial charge >= 0.3 is 0 Å². The van der Waals surface area contributed by atoms with Crippen LogP contribution in [0.15, 0.2) is 41.1 Å². The maximum atomic E-state index is 14.1. The lowest BCUT2D eigenvalue weighted by Crippen LogP contribution is -2.35. The zero-order valence-corrected chi connectivity index (χ0v) is 13.9. The quantitative estimate of drug-likeness (QED) is 0.868. The second-order valence-electron chi connectivity index (χ2n) is 5.76. The normalized spacial score (nSPS) is 11.5. The summed E-state index contributed by atoms with van der Waals surface area (Å²) in [5, 5.41) is 3.27. The molecule has 0 unspecified atom stereocenters. The average Bonchev–Trinajstić information content (AvgIpc) is 2.37. The van der Waals surface area contributed by atoms with Crippen molar-refractivity contribution in [1.29, 1.82) is 0 Å². The smallest absolute Gasteiger partial charge is 0.146 e. The van der Waals surface area contributed by atoms with Gasteiger partial charge in [-0.3, -0.25) is 4.98 Å². The van der Waals surface area contributed by atoms with Gasteiger partial charge in [0.2, 0.25) is 0 Å². The van der Waals surface area contributed by atoms with Crippen LogP contribution in [0.25, 0.3) is 0 Å². The van der Waals surface area contributed by atoms with Gasteiger partial charge in [0.15, 0.2) is 0 Å². The van der Waals surface area contributed by atoms with E-state index in [4.69, 9.17) is 4.74 Å². The zero-order chi connectivity index (χ0) is 15.5. The van der Waals surface area contributed by atoms with E-state index < -0.39 is 0 Å². The fourth-order valence-electron chi connectivity index (χ4n) is 1.73. The second kappa shape index (κ2) is 6.54. The SMILES string of the molecule is CC(C)(C)NCc1c(F)cccc1Oc1cncc(Br)c1. The minimum absolute atomic E-state index is 0.100. The lowest BCUT2D eigenvalue weighted by molar-refractivity contribution is 0.405. The van der Waals surface area contributed by atoms with Gasteiger partial charge in [0.05, 0.1) is 6.20 Å². The Bertz CT molecular complexity index is 626. The van der Waals surface area contributed by atoms with Crippen molar-refractivity contribution in [2.45, 2.75) is 32.9 Å². The summed E-state index contributed by atoms with van der Waals surface area (Å²) >= 11 is 3.34. The van der Waals surface area contributed by atoms with Crippen LogP contribution in [-0.4, -0.2) is 10.5 Å². The van der Waals surface area contributed by atoms with Crippen LogP contribution in [0.4, 0.5) is 4.39 Å². The van der Waals surface area contributed by atoms with Crippen LogP contribution < -0.4 is 10.1 Å². The first-order chi connectivity index (χ1) is 9.85. The van der Waals surface area contributed by atoms with E-state index in [0.717, 1.165) is 4.47 Å².